The van der Waals surface area contributed by atoms with E-state index in [2.05, 4.69) is 11.7 Å². The van der Waals surface area contributed by atoms with Gasteiger partial charge in [-0.05, 0) is 18.4 Å². The standard InChI is InChI=1S/C22H32F2O5/c1-2-3-4-5-6-7-8-9-13-16-19(22(23,24)20(25)26)29-21(27)28-17-18-14-11-10-12-15-18/h10-12,14-15,19H,2-9,13,16-17H2,1H3,(H,25,26)/t19-/m0/s1. The molecule has 0 saturated heterocycles. The molecule has 1 aromatic carbocycles. The maximum absolute atomic E-state index is 14.0. The van der Waals surface area contributed by atoms with Gasteiger partial charge in [-0.25, -0.2) is 9.59 Å². The van der Waals surface area contributed by atoms with E-state index in [1.165, 1.54) is 25.7 Å². The monoisotopic (exact) mass is 414 g/mol. The van der Waals surface area contributed by atoms with Gasteiger partial charge in [-0.2, -0.15) is 8.78 Å². The van der Waals surface area contributed by atoms with Crippen molar-refractivity contribution >= 4 is 12.1 Å². The number of hydrogen-bond acceptors (Lipinski definition) is 4. The smallest absolute Gasteiger partial charge is 0.477 e. The Bertz CT molecular complexity index is 592. The van der Waals surface area contributed by atoms with Crippen molar-refractivity contribution in [1.29, 1.82) is 0 Å². The second-order valence-electron chi connectivity index (χ2n) is 7.18. The molecule has 0 radical (unpaired) electrons. The first-order valence-corrected chi connectivity index (χ1v) is 10.4. The number of alkyl halides is 2. The van der Waals surface area contributed by atoms with Gasteiger partial charge in [0.25, 0.3) is 0 Å². The molecule has 0 unspecified atom stereocenters. The van der Waals surface area contributed by atoms with E-state index in [4.69, 9.17) is 9.84 Å². The fraction of sp³-hybridized carbons (Fsp3) is 0.636. The Morgan fingerprint density at radius 2 is 1.52 bits per heavy atom. The van der Waals surface area contributed by atoms with Crippen molar-refractivity contribution in [2.45, 2.75) is 89.8 Å². The molecule has 0 amide bonds. The predicted octanol–water partition coefficient (Wildman–Crippen LogP) is 6.35. The van der Waals surface area contributed by atoms with Crippen LogP contribution in [-0.4, -0.2) is 29.3 Å². The lowest BCUT2D eigenvalue weighted by atomic mass is 10.0. The molecular formula is C22H32F2O5. The third kappa shape index (κ3) is 10.2. The molecule has 0 saturated carbocycles. The van der Waals surface area contributed by atoms with Crippen molar-refractivity contribution in [2.24, 2.45) is 0 Å². The number of carboxylic acid groups (broad SMARTS) is 1. The van der Waals surface area contributed by atoms with Gasteiger partial charge in [0.1, 0.15) is 6.61 Å². The minimum Gasteiger partial charge on any atom is -0.477 e. The first kappa shape index (κ1) is 24.9. The van der Waals surface area contributed by atoms with Crippen molar-refractivity contribution in [3.05, 3.63) is 35.9 Å². The van der Waals surface area contributed by atoms with Crippen LogP contribution in [0.2, 0.25) is 0 Å². The van der Waals surface area contributed by atoms with E-state index in [1.807, 2.05) is 0 Å². The molecular weight excluding hydrogens is 382 g/mol. The molecule has 0 bridgehead atoms. The Kier molecular flexibility index (Phi) is 11.9. The number of aliphatic carboxylic acids is 1. The summed E-state index contributed by atoms with van der Waals surface area (Å²) in [7, 11) is 0. The third-order valence-corrected chi connectivity index (χ3v) is 4.70. The second-order valence-corrected chi connectivity index (χ2v) is 7.18. The van der Waals surface area contributed by atoms with Crippen LogP contribution in [0.25, 0.3) is 0 Å². The minimum atomic E-state index is -4.16. The number of carbonyl (C=O) groups is 2. The van der Waals surface area contributed by atoms with Crippen molar-refractivity contribution in [2.75, 3.05) is 0 Å². The molecule has 1 aromatic rings. The highest BCUT2D eigenvalue weighted by Crippen LogP contribution is 2.27. The Hall–Kier alpha value is -2.18. The van der Waals surface area contributed by atoms with Gasteiger partial charge in [0.05, 0.1) is 0 Å². The second kappa shape index (κ2) is 13.9. The summed E-state index contributed by atoms with van der Waals surface area (Å²) in [5, 5.41) is 8.79. The number of ether oxygens (including phenoxy) is 2. The Balaban J connectivity index is 2.40. The van der Waals surface area contributed by atoms with Gasteiger partial charge in [-0.15, -0.1) is 0 Å². The van der Waals surface area contributed by atoms with Crippen LogP contribution in [0.15, 0.2) is 30.3 Å². The van der Waals surface area contributed by atoms with Gasteiger partial charge in [0.2, 0.25) is 0 Å². The molecule has 0 fully saturated rings. The molecule has 5 nitrogen and oxygen atoms in total. The highest BCUT2D eigenvalue weighted by Gasteiger charge is 2.50. The number of rotatable bonds is 15. The molecule has 1 atom stereocenters. The summed E-state index contributed by atoms with van der Waals surface area (Å²) in [5.41, 5.74) is 0.671. The minimum absolute atomic E-state index is 0.136. The molecule has 0 aliphatic carbocycles. The lowest BCUT2D eigenvalue weighted by Gasteiger charge is -2.23. The first-order chi connectivity index (χ1) is 13.9. The van der Waals surface area contributed by atoms with Gasteiger partial charge in [0, 0.05) is 0 Å². The number of carboxylic acids is 1. The van der Waals surface area contributed by atoms with Crippen LogP contribution in [0.3, 0.4) is 0 Å². The molecule has 0 heterocycles. The summed E-state index contributed by atoms with van der Waals surface area (Å²) < 4.78 is 37.4. The zero-order valence-corrected chi connectivity index (χ0v) is 17.1. The lowest BCUT2D eigenvalue weighted by Crippen LogP contribution is -2.44. The van der Waals surface area contributed by atoms with E-state index < -0.39 is 24.2 Å². The Labute approximate surface area is 171 Å². The number of carbonyl (C=O) groups excluding carboxylic acids is 1. The molecule has 1 N–H and O–H groups in total. The van der Waals surface area contributed by atoms with Gasteiger partial charge in [0.15, 0.2) is 6.10 Å². The molecule has 0 spiro atoms. The first-order valence-electron chi connectivity index (χ1n) is 10.4. The van der Waals surface area contributed by atoms with Crippen molar-refractivity contribution in [3.63, 3.8) is 0 Å². The van der Waals surface area contributed by atoms with E-state index in [0.717, 1.165) is 19.3 Å². The quantitative estimate of drug-likeness (QED) is 0.267. The van der Waals surface area contributed by atoms with Crippen LogP contribution in [-0.2, 0) is 20.9 Å². The summed E-state index contributed by atoms with van der Waals surface area (Å²) in [4.78, 5) is 22.7. The highest BCUT2D eigenvalue weighted by atomic mass is 19.3. The van der Waals surface area contributed by atoms with Crippen LogP contribution < -0.4 is 0 Å². The van der Waals surface area contributed by atoms with Crippen LogP contribution in [0.1, 0.15) is 76.7 Å². The number of benzene rings is 1. The molecule has 0 aliphatic rings. The van der Waals surface area contributed by atoms with Crippen LogP contribution in [0.5, 0.6) is 0 Å². The molecule has 164 valence electrons. The van der Waals surface area contributed by atoms with Crippen LogP contribution in [0.4, 0.5) is 13.6 Å². The summed E-state index contributed by atoms with van der Waals surface area (Å²) in [6.07, 6.45) is 5.27. The summed E-state index contributed by atoms with van der Waals surface area (Å²) >= 11 is 0. The number of halogens is 2. The SMILES string of the molecule is CCCCCCCCCCC[C@H](OC(=O)OCc1ccccc1)C(F)(F)C(=O)O. The van der Waals surface area contributed by atoms with E-state index in [0.29, 0.717) is 18.4 Å². The third-order valence-electron chi connectivity index (χ3n) is 4.70. The van der Waals surface area contributed by atoms with Crippen molar-refractivity contribution in [3.8, 4) is 0 Å². The van der Waals surface area contributed by atoms with Gasteiger partial charge < -0.3 is 14.6 Å². The lowest BCUT2D eigenvalue weighted by molar-refractivity contribution is -0.185. The Morgan fingerprint density at radius 3 is 2.07 bits per heavy atom. The van der Waals surface area contributed by atoms with E-state index in [9.17, 15) is 18.4 Å². The fourth-order valence-electron chi connectivity index (χ4n) is 2.96. The van der Waals surface area contributed by atoms with Crippen molar-refractivity contribution in [1.82, 2.24) is 0 Å². The molecule has 29 heavy (non-hydrogen) atoms. The highest BCUT2D eigenvalue weighted by molar-refractivity contribution is 5.76. The summed E-state index contributed by atoms with van der Waals surface area (Å²) in [6, 6.07) is 8.69. The molecule has 0 aromatic heterocycles. The molecule has 0 aliphatic heterocycles. The summed E-state index contributed by atoms with van der Waals surface area (Å²) in [5.74, 6) is -6.47. The largest absolute Gasteiger partial charge is 0.509 e. The number of hydrogen-bond donors (Lipinski definition) is 1. The van der Waals surface area contributed by atoms with Gasteiger partial charge in [-0.1, -0.05) is 88.6 Å². The zero-order chi connectivity index (χ0) is 21.5. The zero-order valence-electron chi connectivity index (χ0n) is 17.1. The topological polar surface area (TPSA) is 72.8 Å². The molecule has 1 rings (SSSR count). The molecule has 7 heteroatoms. The van der Waals surface area contributed by atoms with E-state index >= 15 is 0 Å². The van der Waals surface area contributed by atoms with Crippen LogP contribution >= 0.6 is 0 Å². The van der Waals surface area contributed by atoms with E-state index in [1.54, 1.807) is 30.3 Å². The Morgan fingerprint density at radius 1 is 0.966 bits per heavy atom. The predicted molar refractivity (Wildman–Crippen MR) is 106 cm³/mol. The maximum atomic E-state index is 14.0. The maximum Gasteiger partial charge on any atom is 0.509 e. The van der Waals surface area contributed by atoms with Crippen LogP contribution in [0, 0.1) is 0 Å². The van der Waals surface area contributed by atoms with Gasteiger partial charge >= 0.3 is 18.0 Å². The average molecular weight is 414 g/mol. The normalized spacial score (nSPS) is 12.4. The number of unbranched alkanes of at least 4 members (excludes halogenated alkanes) is 8. The summed E-state index contributed by atoms with van der Waals surface area (Å²) in [6.45, 7) is 2.02. The fourth-order valence-corrected chi connectivity index (χ4v) is 2.96. The van der Waals surface area contributed by atoms with Crippen molar-refractivity contribution < 1.29 is 33.0 Å². The average Bonchev–Trinajstić information content (AvgIpc) is 2.70. The van der Waals surface area contributed by atoms with E-state index in [-0.39, 0.29) is 13.0 Å². The van der Waals surface area contributed by atoms with Gasteiger partial charge in [-0.3, -0.25) is 0 Å².